The second-order valence-corrected chi connectivity index (χ2v) is 10.8. The van der Waals surface area contributed by atoms with E-state index in [-0.39, 0.29) is 24.1 Å². The molecule has 0 saturated carbocycles. The quantitative estimate of drug-likeness (QED) is 0.309. The summed E-state index contributed by atoms with van der Waals surface area (Å²) in [6, 6.07) is 10.5. The fourth-order valence-electron chi connectivity index (χ4n) is 4.50. The van der Waals surface area contributed by atoms with E-state index < -0.39 is 23.7 Å². The van der Waals surface area contributed by atoms with Gasteiger partial charge in [0.1, 0.15) is 6.54 Å². The van der Waals surface area contributed by atoms with Crippen LogP contribution in [0.25, 0.3) is 0 Å². The predicted molar refractivity (Wildman–Crippen MR) is 140 cm³/mol. The molecule has 2 atom stereocenters. The number of nitrogens with zero attached hydrogens (tertiary/aromatic N) is 2. The highest BCUT2D eigenvalue weighted by atomic mass is 35.5. The number of fused-ring (bicyclic) bond motifs is 1. The Bertz CT molecular complexity index is 1290. The van der Waals surface area contributed by atoms with Crippen LogP contribution in [0.15, 0.2) is 53.9 Å². The molecule has 0 saturated heterocycles. The molecule has 1 aromatic heterocycles. The summed E-state index contributed by atoms with van der Waals surface area (Å²) in [7, 11) is 0. The van der Waals surface area contributed by atoms with E-state index in [1.165, 1.54) is 9.78 Å². The van der Waals surface area contributed by atoms with E-state index in [4.69, 9.17) is 23.2 Å². The summed E-state index contributed by atoms with van der Waals surface area (Å²) in [5, 5.41) is 2.90. The zero-order valence-electron chi connectivity index (χ0n) is 20.2. The van der Waals surface area contributed by atoms with Crippen LogP contribution in [0.2, 0.25) is 10.0 Å². The lowest BCUT2D eigenvalue weighted by molar-refractivity contribution is -0.137. The van der Waals surface area contributed by atoms with Crippen LogP contribution < -0.4 is 0 Å². The van der Waals surface area contributed by atoms with Crippen molar-refractivity contribution in [3.05, 3.63) is 91.1 Å². The largest absolute Gasteiger partial charge is 0.416 e. The van der Waals surface area contributed by atoms with Crippen LogP contribution in [0, 0.1) is 0 Å². The molecule has 37 heavy (non-hydrogen) atoms. The van der Waals surface area contributed by atoms with Crippen LogP contribution in [0.3, 0.4) is 0 Å². The summed E-state index contributed by atoms with van der Waals surface area (Å²) in [5.41, 5.74) is 0.982. The summed E-state index contributed by atoms with van der Waals surface area (Å²) >= 11 is 14.3. The number of alkyl halides is 3. The van der Waals surface area contributed by atoms with E-state index in [2.05, 4.69) is 0 Å². The highest BCUT2D eigenvalue weighted by molar-refractivity contribution is 7.10. The second-order valence-electron chi connectivity index (χ2n) is 8.97. The van der Waals surface area contributed by atoms with Gasteiger partial charge < -0.3 is 9.80 Å². The number of halogens is 5. The van der Waals surface area contributed by atoms with E-state index in [1.807, 2.05) is 31.4 Å². The van der Waals surface area contributed by atoms with Gasteiger partial charge in [-0.15, -0.1) is 11.3 Å². The number of hydrogen-bond acceptors (Lipinski definition) is 3. The molecule has 2 unspecified atom stereocenters. The topological polar surface area (TPSA) is 40.6 Å². The van der Waals surface area contributed by atoms with Crippen molar-refractivity contribution in [2.75, 3.05) is 13.1 Å². The van der Waals surface area contributed by atoms with Crippen LogP contribution in [0.5, 0.6) is 0 Å². The molecule has 4 nitrogen and oxygen atoms in total. The maximum atomic E-state index is 13.8. The van der Waals surface area contributed by atoms with Crippen molar-refractivity contribution < 1.29 is 22.8 Å². The van der Waals surface area contributed by atoms with Gasteiger partial charge in [-0.05, 0) is 78.7 Å². The highest BCUT2D eigenvalue weighted by Gasteiger charge is 2.36. The summed E-state index contributed by atoms with van der Waals surface area (Å²) in [6.45, 7) is 3.93. The summed E-state index contributed by atoms with van der Waals surface area (Å²) in [4.78, 5) is 31.4. The summed E-state index contributed by atoms with van der Waals surface area (Å²) in [5.74, 6) is -0.765. The lowest BCUT2D eigenvalue weighted by Crippen LogP contribution is -2.49. The third-order valence-corrected chi connectivity index (χ3v) is 8.25. The zero-order chi connectivity index (χ0) is 26.9. The lowest BCUT2D eigenvalue weighted by atomic mass is 9.93. The number of thiophene rings is 1. The van der Waals surface area contributed by atoms with Gasteiger partial charge in [0, 0.05) is 33.1 Å². The van der Waals surface area contributed by atoms with Gasteiger partial charge in [-0.3, -0.25) is 9.59 Å². The van der Waals surface area contributed by atoms with Crippen LogP contribution in [0.4, 0.5) is 13.2 Å². The summed E-state index contributed by atoms with van der Waals surface area (Å²) in [6.07, 6.45) is -3.25. The van der Waals surface area contributed by atoms with Crippen molar-refractivity contribution >= 4 is 46.4 Å². The van der Waals surface area contributed by atoms with Crippen molar-refractivity contribution in [1.29, 1.82) is 0 Å². The average molecular weight is 569 g/mol. The van der Waals surface area contributed by atoms with E-state index in [0.717, 1.165) is 35.4 Å². The Kier molecular flexibility index (Phi) is 8.21. The van der Waals surface area contributed by atoms with Crippen LogP contribution in [-0.4, -0.2) is 40.7 Å². The van der Waals surface area contributed by atoms with E-state index in [1.54, 1.807) is 28.4 Å². The van der Waals surface area contributed by atoms with Gasteiger partial charge in [0.05, 0.1) is 11.6 Å². The predicted octanol–water partition coefficient (Wildman–Crippen LogP) is 7.49. The molecule has 0 radical (unpaired) electrons. The Morgan fingerprint density at radius 3 is 2.43 bits per heavy atom. The zero-order valence-corrected chi connectivity index (χ0v) is 22.5. The lowest BCUT2D eigenvalue weighted by Gasteiger charge is -2.38. The molecule has 2 heterocycles. The number of carbonyl (C=O) groups is 2. The van der Waals surface area contributed by atoms with Gasteiger partial charge in [0.25, 0.3) is 5.91 Å². The van der Waals surface area contributed by atoms with Gasteiger partial charge in [-0.2, -0.15) is 13.2 Å². The molecule has 0 N–H and O–H groups in total. The molecule has 2 amide bonds. The molecule has 0 spiro atoms. The van der Waals surface area contributed by atoms with Crippen LogP contribution in [-0.2, 0) is 17.4 Å². The minimum absolute atomic E-state index is 0.0946. The third-order valence-electron chi connectivity index (χ3n) is 6.69. The van der Waals surface area contributed by atoms with Crippen molar-refractivity contribution in [2.45, 2.75) is 44.9 Å². The molecule has 10 heteroatoms. The minimum Gasteiger partial charge on any atom is -0.330 e. The molecule has 4 rings (SSSR count). The Hall–Kier alpha value is -2.55. The van der Waals surface area contributed by atoms with Crippen molar-refractivity contribution in [2.24, 2.45) is 0 Å². The Morgan fingerprint density at radius 1 is 1.11 bits per heavy atom. The third kappa shape index (κ3) is 5.81. The minimum atomic E-state index is -4.50. The molecule has 0 bridgehead atoms. The first-order chi connectivity index (χ1) is 17.5. The maximum Gasteiger partial charge on any atom is 0.416 e. The first-order valence-corrected chi connectivity index (χ1v) is 13.4. The molecule has 0 fully saturated rings. The fourth-order valence-corrected chi connectivity index (χ4v) is 5.91. The first-order valence-electron chi connectivity index (χ1n) is 11.8. The van der Waals surface area contributed by atoms with Crippen molar-refractivity contribution in [1.82, 2.24) is 9.80 Å². The molecule has 3 aromatic rings. The molecular formula is C27H25Cl2F3N2O2S. The molecule has 196 valence electrons. The molecule has 1 aliphatic rings. The van der Waals surface area contributed by atoms with Gasteiger partial charge in [0.15, 0.2) is 0 Å². The normalized spacial score (nSPS) is 16.3. The number of hydrogen-bond donors (Lipinski definition) is 0. The molecular weight excluding hydrogens is 544 g/mol. The monoisotopic (exact) mass is 568 g/mol. The maximum absolute atomic E-state index is 13.8. The first kappa shape index (κ1) is 27.5. The average Bonchev–Trinajstić information content (AvgIpc) is 3.34. The Labute approximate surface area is 227 Å². The summed E-state index contributed by atoms with van der Waals surface area (Å²) < 4.78 is 39.0. The number of amides is 2. The number of carbonyl (C=O) groups excluding carboxylic acids is 2. The second kappa shape index (κ2) is 11.1. The standard InChI is InChI=1S/C27H25Cl2F3N2O2S/c1-3-16(2)34(26(36)17-4-6-18(7-5-17)27(30,31)32)15-24(35)33-12-10-23-21(11-13-37-23)25(33)20-9-8-19(28)14-22(20)29/h4-9,11,13-14,16,25H,3,10,12,15H2,1-2H3. The Morgan fingerprint density at radius 2 is 1.81 bits per heavy atom. The van der Waals surface area contributed by atoms with E-state index in [0.29, 0.717) is 29.4 Å². The highest BCUT2D eigenvalue weighted by Crippen LogP contribution is 2.41. The van der Waals surface area contributed by atoms with Gasteiger partial charge in [0.2, 0.25) is 5.91 Å². The SMILES string of the molecule is CCC(C)N(CC(=O)N1CCc2sccc2C1c1ccc(Cl)cc1Cl)C(=O)c1ccc(C(F)(F)F)cc1. The smallest absolute Gasteiger partial charge is 0.330 e. The molecule has 2 aromatic carbocycles. The molecule has 1 aliphatic heterocycles. The number of benzene rings is 2. The number of rotatable bonds is 6. The molecule has 0 aliphatic carbocycles. The van der Waals surface area contributed by atoms with Crippen LogP contribution in [0.1, 0.15) is 58.2 Å². The Balaban J connectivity index is 1.64. The van der Waals surface area contributed by atoms with Crippen molar-refractivity contribution in [3.8, 4) is 0 Å². The van der Waals surface area contributed by atoms with Gasteiger partial charge >= 0.3 is 6.18 Å². The van der Waals surface area contributed by atoms with Crippen molar-refractivity contribution in [3.63, 3.8) is 0 Å². The van der Waals surface area contributed by atoms with Gasteiger partial charge in [-0.1, -0.05) is 36.2 Å². The van der Waals surface area contributed by atoms with Crippen LogP contribution >= 0.6 is 34.5 Å². The fraction of sp³-hybridized carbons (Fsp3) is 0.333. The van der Waals surface area contributed by atoms with E-state index in [9.17, 15) is 22.8 Å². The van der Waals surface area contributed by atoms with Gasteiger partial charge in [-0.25, -0.2) is 0 Å². The van der Waals surface area contributed by atoms with E-state index >= 15 is 0 Å².